The number of rotatable bonds is 3. The van der Waals surface area contributed by atoms with Crippen LogP contribution in [0.25, 0.3) is 0 Å². The molecule has 1 rings (SSSR count). The van der Waals surface area contributed by atoms with Gasteiger partial charge in [0.25, 0.3) is 0 Å². The molecular formula is C6H8ClN3OS. The van der Waals surface area contributed by atoms with Crippen molar-refractivity contribution in [2.45, 2.75) is 6.42 Å². The van der Waals surface area contributed by atoms with E-state index in [-0.39, 0.29) is 0 Å². The summed E-state index contributed by atoms with van der Waals surface area (Å²) in [5.74, 6) is 0.986. The fourth-order valence-corrected chi connectivity index (χ4v) is 1.14. The third-order valence-electron chi connectivity index (χ3n) is 1.20. The summed E-state index contributed by atoms with van der Waals surface area (Å²) in [6, 6.07) is 0. The standard InChI is InChI=1S/C6H8ClN3OS/c7-5-3-9-6(10-4-5)1-2-12(8)11/h3-4H,1-2,8H2. The summed E-state index contributed by atoms with van der Waals surface area (Å²) >= 11 is 4.28. The fourth-order valence-electron chi connectivity index (χ4n) is 0.660. The molecule has 0 aliphatic heterocycles. The molecule has 4 nitrogen and oxygen atoms in total. The summed E-state index contributed by atoms with van der Waals surface area (Å²) in [7, 11) is 0. The minimum atomic E-state index is -1.28. The van der Waals surface area contributed by atoms with Crippen LogP contribution < -0.4 is 5.14 Å². The lowest BCUT2D eigenvalue weighted by Gasteiger charge is -2.01. The quantitative estimate of drug-likeness (QED) is 0.720. The molecule has 0 aliphatic rings. The zero-order chi connectivity index (χ0) is 8.97. The third-order valence-corrected chi connectivity index (χ3v) is 2.00. The normalized spacial score (nSPS) is 12.9. The number of aryl methyl sites for hydroxylation is 1. The van der Waals surface area contributed by atoms with E-state index in [4.69, 9.17) is 16.7 Å². The van der Waals surface area contributed by atoms with Crippen molar-refractivity contribution in [1.29, 1.82) is 0 Å². The number of aromatic nitrogens is 2. The van der Waals surface area contributed by atoms with Crippen molar-refractivity contribution in [2.75, 3.05) is 5.75 Å². The predicted octanol–water partition coefficient (Wildman–Crippen LogP) is 0.295. The Morgan fingerprint density at radius 2 is 2.08 bits per heavy atom. The minimum Gasteiger partial charge on any atom is -0.598 e. The van der Waals surface area contributed by atoms with E-state index in [1.54, 1.807) is 0 Å². The van der Waals surface area contributed by atoms with Crippen LogP contribution in [0.2, 0.25) is 5.02 Å². The van der Waals surface area contributed by atoms with Crippen LogP contribution >= 0.6 is 11.6 Å². The van der Waals surface area contributed by atoms with E-state index in [1.165, 1.54) is 12.4 Å². The van der Waals surface area contributed by atoms with Gasteiger partial charge in [0.15, 0.2) is 0 Å². The number of hydrogen-bond acceptors (Lipinski definition) is 4. The topological polar surface area (TPSA) is 74.9 Å². The smallest absolute Gasteiger partial charge is 0.133 e. The largest absolute Gasteiger partial charge is 0.598 e. The average Bonchev–Trinajstić information content (AvgIpc) is 2.03. The lowest BCUT2D eigenvalue weighted by molar-refractivity contribution is 0.595. The highest BCUT2D eigenvalue weighted by Gasteiger charge is 2.02. The van der Waals surface area contributed by atoms with Gasteiger partial charge in [-0.2, -0.15) is 5.14 Å². The van der Waals surface area contributed by atoms with E-state index in [1.807, 2.05) is 0 Å². The molecule has 2 N–H and O–H groups in total. The molecular weight excluding hydrogens is 198 g/mol. The molecule has 0 radical (unpaired) electrons. The van der Waals surface area contributed by atoms with Crippen LogP contribution in [0.15, 0.2) is 12.4 Å². The van der Waals surface area contributed by atoms with Gasteiger partial charge in [-0.3, -0.25) is 0 Å². The van der Waals surface area contributed by atoms with Crippen LogP contribution in [0.4, 0.5) is 0 Å². The lowest BCUT2D eigenvalue weighted by Crippen LogP contribution is -2.18. The van der Waals surface area contributed by atoms with Gasteiger partial charge in [-0.05, 0) is 0 Å². The Labute approximate surface area is 78.5 Å². The first-order chi connectivity index (χ1) is 5.68. The Bertz CT molecular complexity index is 241. The second-order valence-corrected chi connectivity index (χ2v) is 3.76. The van der Waals surface area contributed by atoms with Crippen molar-refractivity contribution in [3.8, 4) is 0 Å². The van der Waals surface area contributed by atoms with Crippen LogP contribution in [0, 0.1) is 0 Å². The van der Waals surface area contributed by atoms with Gasteiger partial charge in [-0.15, -0.1) is 0 Å². The lowest BCUT2D eigenvalue weighted by atomic mass is 10.4. The molecule has 6 heteroatoms. The zero-order valence-electron chi connectivity index (χ0n) is 6.24. The van der Waals surface area contributed by atoms with Crippen molar-refractivity contribution in [3.05, 3.63) is 23.2 Å². The Kier molecular flexibility index (Phi) is 3.74. The van der Waals surface area contributed by atoms with Crippen LogP contribution in [0.3, 0.4) is 0 Å². The van der Waals surface area contributed by atoms with Gasteiger partial charge in [0.05, 0.1) is 11.4 Å². The van der Waals surface area contributed by atoms with Crippen molar-refractivity contribution >= 4 is 23.0 Å². The van der Waals surface area contributed by atoms with Gasteiger partial charge in [0.2, 0.25) is 0 Å². The summed E-state index contributed by atoms with van der Waals surface area (Å²) in [6.07, 6.45) is 3.52. The number of nitrogens with zero attached hydrogens (tertiary/aromatic N) is 2. The third kappa shape index (κ3) is 3.36. The molecule has 1 atom stereocenters. The highest BCUT2D eigenvalue weighted by Crippen LogP contribution is 2.03. The summed E-state index contributed by atoms with van der Waals surface area (Å²) in [5, 5.41) is 5.55. The average molecular weight is 206 g/mol. The molecule has 12 heavy (non-hydrogen) atoms. The molecule has 1 unspecified atom stereocenters. The van der Waals surface area contributed by atoms with Gasteiger partial charge < -0.3 is 4.55 Å². The van der Waals surface area contributed by atoms with E-state index in [9.17, 15) is 4.55 Å². The number of halogens is 1. The van der Waals surface area contributed by atoms with E-state index in [2.05, 4.69) is 9.97 Å². The molecule has 0 bridgehead atoms. The van der Waals surface area contributed by atoms with Gasteiger partial charge in [0.1, 0.15) is 11.6 Å². The van der Waals surface area contributed by atoms with E-state index < -0.39 is 11.4 Å². The Morgan fingerprint density at radius 3 is 2.58 bits per heavy atom. The molecule has 66 valence electrons. The Morgan fingerprint density at radius 1 is 1.50 bits per heavy atom. The minimum absolute atomic E-state index is 0.377. The van der Waals surface area contributed by atoms with Crippen LogP contribution in [0.5, 0.6) is 0 Å². The second-order valence-electron chi connectivity index (χ2n) is 2.15. The van der Waals surface area contributed by atoms with E-state index >= 15 is 0 Å². The molecule has 0 amide bonds. The summed E-state index contributed by atoms with van der Waals surface area (Å²) in [4.78, 5) is 7.83. The van der Waals surface area contributed by atoms with E-state index in [0.29, 0.717) is 23.0 Å². The predicted molar refractivity (Wildman–Crippen MR) is 47.9 cm³/mol. The molecule has 0 saturated heterocycles. The number of hydrogen-bond donors (Lipinski definition) is 1. The first kappa shape index (κ1) is 9.73. The van der Waals surface area contributed by atoms with E-state index in [0.717, 1.165) is 0 Å². The molecule has 1 aromatic rings. The maximum atomic E-state index is 10.5. The maximum absolute atomic E-state index is 10.5. The fraction of sp³-hybridized carbons (Fsp3) is 0.333. The highest BCUT2D eigenvalue weighted by molar-refractivity contribution is 7.89. The molecule has 0 fully saturated rings. The van der Waals surface area contributed by atoms with Crippen molar-refractivity contribution in [3.63, 3.8) is 0 Å². The van der Waals surface area contributed by atoms with Crippen LogP contribution in [-0.2, 0) is 17.8 Å². The molecule has 1 heterocycles. The highest BCUT2D eigenvalue weighted by atomic mass is 35.5. The maximum Gasteiger partial charge on any atom is 0.133 e. The first-order valence-corrected chi connectivity index (χ1v) is 5.03. The monoisotopic (exact) mass is 205 g/mol. The number of nitrogens with two attached hydrogens (primary N) is 1. The van der Waals surface area contributed by atoms with Crippen molar-refractivity contribution < 1.29 is 4.55 Å². The molecule has 0 aromatic carbocycles. The van der Waals surface area contributed by atoms with Gasteiger partial charge in [-0.25, -0.2) is 9.97 Å². The molecule has 0 saturated carbocycles. The van der Waals surface area contributed by atoms with Gasteiger partial charge in [-0.1, -0.05) is 11.6 Å². The van der Waals surface area contributed by atoms with Gasteiger partial charge >= 0.3 is 0 Å². The molecule has 1 aromatic heterocycles. The summed E-state index contributed by atoms with van der Waals surface area (Å²) in [6.45, 7) is 0. The Balaban J connectivity index is 2.48. The Hall–Kier alpha value is -0.360. The molecule has 0 spiro atoms. The summed E-state index contributed by atoms with van der Waals surface area (Å²) in [5.41, 5.74) is 0. The zero-order valence-corrected chi connectivity index (χ0v) is 7.81. The van der Waals surface area contributed by atoms with Crippen molar-refractivity contribution in [2.24, 2.45) is 5.14 Å². The molecule has 0 aliphatic carbocycles. The SMILES string of the molecule is N[S+]([O-])CCc1ncc(Cl)cn1. The van der Waals surface area contributed by atoms with Crippen LogP contribution in [0.1, 0.15) is 5.82 Å². The van der Waals surface area contributed by atoms with Gasteiger partial charge in [0, 0.05) is 23.8 Å². The summed E-state index contributed by atoms with van der Waals surface area (Å²) < 4.78 is 10.5. The van der Waals surface area contributed by atoms with Crippen molar-refractivity contribution in [1.82, 2.24) is 9.97 Å². The second kappa shape index (κ2) is 4.61. The first-order valence-electron chi connectivity index (χ1n) is 3.27. The van der Waals surface area contributed by atoms with Crippen LogP contribution in [-0.4, -0.2) is 20.3 Å².